The molecule has 75 heavy (non-hydrogen) atoms. The Labute approximate surface area is 481 Å². The van der Waals surface area contributed by atoms with Crippen molar-refractivity contribution in [3.8, 4) is 0 Å². The summed E-state index contributed by atoms with van der Waals surface area (Å²) in [7, 11) is 0. The number of fused-ring (bicyclic) bond motifs is 1. The molecule has 3 aliphatic rings. The second-order valence-electron chi connectivity index (χ2n) is 14.3. The lowest BCUT2D eigenvalue weighted by atomic mass is 10.0. The van der Waals surface area contributed by atoms with Crippen molar-refractivity contribution in [1.29, 1.82) is 0 Å². The van der Waals surface area contributed by atoms with Gasteiger partial charge in [0.15, 0.2) is 0 Å². The van der Waals surface area contributed by atoms with Crippen molar-refractivity contribution in [2.45, 2.75) is 315 Å². The molecule has 0 atom stereocenters. The van der Waals surface area contributed by atoms with Crippen molar-refractivity contribution >= 4 is 10.8 Å². The first-order chi connectivity index (χ1) is 37.2. The van der Waals surface area contributed by atoms with Gasteiger partial charge in [-0.1, -0.05) is 473 Å². The Morgan fingerprint density at radius 3 is 0.293 bits per heavy atom. The van der Waals surface area contributed by atoms with E-state index in [1.54, 1.807) is 0 Å². The van der Waals surface area contributed by atoms with E-state index in [2.05, 4.69) is 90.1 Å². The van der Waals surface area contributed by atoms with Gasteiger partial charge in [-0.25, -0.2) is 0 Å². The van der Waals surface area contributed by atoms with Gasteiger partial charge in [0.05, 0.1) is 0 Å². The van der Waals surface area contributed by atoms with E-state index in [1.165, 1.54) is 146 Å². The second kappa shape index (κ2) is 139. The van der Waals surface area contributed by atoms with Gasteiger partial charge in [0.25, 0.3) is 0 Å². The second-order valence-corrected chi connectivity index (χ2v) is 14.3. The van der Waals surface area contributed by atoms with E-state index in [4.69, 9.17) is 0 Å². The molecular weight excluding hydrogens is 901 g/mol. The van der Waals surface area contributed by atoms with Crippen LogP contribution in [0.15, 0.2) is 158 Å². The van der Waals surface area contributed by atoms with E-state index >= 15 is 0 Å². The maximum absolute atomic E-state index is 2.12. The molecule has 446 valence electrons. The number of benzene rings is 5. The number of rotatable bonds is 0. The average molecular weight is 1050 g/mol. The highest BCUT2D eigenvalue weighted by atomic mass is 14.0. The van der Waals surface area contributed by atoms with Crippen molar-refractivity contribution in [2.24, 2.45) is 0 Å². The Balaban J connectivity index is -0.0000000574. The summed E-state index contributed by atoms with van der Waals surface area (Å²) in [5.74, 6) is 0. The maximum atomic E-state index is 2.12. The van der Waals surface area contributed by atoms with Crippen molar-refractivity contribution in [3.05, 3.63) is 158 Å². The Bertz CT molecular complexity index is 981. The third kappa shape index (κ3) is 130. The van der Waals surface area contributed by atoms with Crippen LogP contribution in [0.4, 0.5) is 0 Å². The molecule has 0 spiro atoms. The summed E-state index contributed by atoms with van der Waals surface area (Å²) in [6.45, 7) is 52.8. The van der Waals surface area contributed by atoms with Gasteiger partial charge < -0.3 is 0 Å². The van der Waals surface area contributed by atoms with Crippen LogP contribution in [0.25, 0.3) is 10.8 Å². The van der Waals surface area contributed by atoms with Gasteiger partial charge in [-0.05, 0) is 10.8 Å². The van der Waals surface area contributed by atoms with Crippen LogP contribution >= 0.6 is 0 Å². The highest BCUT2D eigenvalue weighted by Gasteiger charge is 1.96. The first-order valence-electron chi connectivity index (χ1n) is 32.6. The minimum Gasteiger partial charge on any atom is -0.0683 e. The Hall–Kier alpha value is -3.64. The molecule has 0 unspecified atom stereocenters. The van der Waals surface area contributed by atoms with Gasteiger partial charge in [0, 0.05) is 0 Å². The predicted octanol–water partition coefficient (Wildman–Crippen LogP) is 29.4. The smallest absolute Gasteiger partial charge is 0.0184 e. The molecule has 0 nitrogen and oxygen atoms in total. The minimum atomic E-state index is 1.25. The van der Waals surface area contributed by atoms with Crippen LogP contribution < -0.4 is 0 Å². The molecule has 0 heterocycles. The highest BCUT2D eigenvalue weighted by Crippen LogP contribution is 2.16. The molecular formula is C75H146. The highest BCUT2D eigenvalue weighted by molar-refractivity contribution is 5.82. The van der Waals surface area contributed by atoms with Gasteiger partial charge in [-0.2, -0.15) is 0 Å². The van der Waals surface area contributed by atoms with Gasteiger partial charge in [0.2, 0.25) is 0 Å². The van der Waals surface area contributed by atoms with Crippen LogP contribution in [0, 0.1) is 0 Å². The van der Waals surface area contributed by atoms with Crippen molar-refractivity contribution in [3.63, 3.8) is 0 Å². The van der Waals surface area contributed by atoms with E-state index < -0.39 is 0 Å². The van der Waals surface area contributed by atoms with Crippen LogP contribution in [0.5, 0.6) is 0 Å². The van der Waals surface area contributed by atoms with E-state index in [0.717, 1.165) is 0 Å². The molecule has 3 fully saturated rings. The standard InChI is InChI=1S/C10H8.3C6H12.3C6H6.3C3H8.10C2H6/c1-2-6-10-8-4-3-7-9(10)5-1;6*1-2-4-6-5-3-1;3*1-3-2;10*1-2/h1-8H;3*1-6H2;3*1-6H;3*3H2,1-2H3;10*1-2H3. The molecule has 3 saturated carbocycles. The van der Waals surface area contributed by atoms with E-state index in [1.807, 2.05) is 248 Å². The SMILES string of the molecule is C1CCCCC1.C1CCCCC1.C1CCCCC1.CC.CC.CC.CC.CC.CC.CC.CC.CC.CC.CCC.CCC.CCC.c1ccc2ccccc2c1.c1ccccc1.c1ccccc1.c1ccccc1. The fourth-order valence-corrected chi connectivity index (χ4v) is 5.47. The Morgan fingerprint density at radius 1 is 0.160 bits per heavy atom. The summed E-state index contributed by atoms with van der Waals surface area (Å²) in [5.41, 5.74) is 0. The number of hydrogen-bond donors (Lipinski definition) is 0. The van der Waals surface area contributed by atoms with Crippen molar-refractivity contribution in [2.75, 3.05) is 0 Å². The first kappa shape index (κ1) is 100. The molecule has 3 aliphatic carbocycles. The first-order valence-corrected chi connectivity index (χ1v) is 32.6. The fraction of sp³-hybridized carbons (Fsp3) is 0.627. The molecule has 5 aromatic carbocycles. The summed E-state index contributed by atoms with van der Waals surface area (Å²) in [4.78, 5) is 0. The van der Waals surface area contributed by atoms with Crippen LogP contribution in [-0.4, -0.2) is 0 Å². The monoisotopic (exact) mass is 1050 g/mol. The summed E-state index contributed by atoms with van der Waals surface area (Å²) >= 11 is 0. The van der Waals surface area contributed by atoms with Crippen molar-refractivity contribution < 1.29 is 0 Å². The topological polar surface area (TPSA) is 0 Å². The minimum absolute atomic E-state index is 1.25. The van der Waals surface area contributed by atoms with Crippen LogP contribution in [0.1, 0.15) is 315 Å². The molecule has 0 bridgehead atoms. The Morgan fingerprint density at radius 2 is 0.227 bits per heavy atom. The lowest BCUT2D eigenvalue weighted by Gasteiger charge is -2.05. The summed E-state index contributed by atoms with van der Waals surface area (Å²) in [5, 5.41) is 2.62. The predicted molar refractivity (Wildman–Crippen MR) is 368 cm³/mol. The fourth-order valence-electron chi connectivity index (χ4n) is 5.47. The van der Waals surface area contributed by atoms with Crippen LogP contribution in [0.3, 0.4) is 0 Å². The molecule has 5 aromatic rings. The van der Waals surface area contributed by atoms with E-state index in [0.29, 0.717) is 0 Å². The zero-order valence-corrected chi connectivity index (χ0v) is 56.9. The molecule has 0 radical (unpaired) electrons. The van der Waals surface area contributed by atoms with Crippen LogP contribution in [-0.2, 0) is 0 Å². The molecule has 0 N–H and O–H groups in total. The molecule has 0 saturated heterocycles. The van der Waals surface area contributed by atoms with Gasteiger partial charge in [-0.15, -0.1) is 0 Å². The van der Waals surface area contributed by atoms with E-state index in [9.17, 15) is 0 Å². The van der Waals surface area contributed by atoms with Crippen LogP contribution in [0.2, 0.25) is 0 Å². The van der Waals surface area contributed by atoms with Gasteiger partial charge in [0.1, 0.15) is 0 Å². The Kier molecular flexibility index (Phi) is 186. The third-order valence-electron chi connectivity index (χ3n) is 8.16. The zero-order valence-electron chi connectivity index (χ0n) is 56.9. The zero-order chi connectivity index (χ0) is 60.4. The summed E-state index contributed by atoms with van der Waals surface area (Å²) in [6.07, 6.45) is 30.8. The average Bonchev–Trinajstić information content (AvgIpc) is 3.56. The molecule has 0 aromatic heterocycles. The van der Waals surface area contributed by atoms with Crippen molar-refractivity contribution in [1.82, 2.24) is 0 Å². The number of hydrogen-bond acceptors (Lipinski definition) is 0. The van der Waals surface area contributed by atoms with E-state index in [-0.39, 0.29) is 0 Å². The summed E-state index contributed by atoms with van der Waals surface area (Å²) < 4.78 is 0. The largest absolute Gasteiger partial charge is 0.0683 e. The normalized spacial score (nSPS) is 10.5. The molecule has 0 heteroatoms. The molecule has 0 amide bonds. The molecule has 8 rings (SSSR count). The van der Waals surface area contributed by atoms with Gasteiger partial charge in [-0.3, -0.25) is 0 Å². The molecule has 0 aliphatic heterocycles. The van der Waals surface area contributed by atoms with Gasteiger partial charge >= 0.3 is 0 Å². The third-order valence-corrected chi connectivity index (χ3v) is 8.16. The lowest BCUT2D eigenvalue weighted by Crippen LogP contribution is -1.85. The quantitative estimate of drug-likeness (QED) is 0.145. The summed E-state index contributed by atoms with van der Waals surface area (Å²) in [6, 6.07) is 52.7. The lowest BCUT2D eigenvalue weighted by molar-refractivity contribution is 0.504. The maximum Gasteiger partial charge on any atom is -0.0184 e.